The van der Waals surface area contributed by atoms with Gasteiger partial charge in [-0.05, 0) is 25.0 Å². The molecule has 4 rings (SSSR count). The van der Waals surface area contributed by atoms with Crippen LogP contribution >= 0.6 is 0 Å². The fourth-order valence-corrected chi connectivity index (χ4v) is 4.03. The first-order valence-electron chi connectivity index (χ1n) is 9.11. The summed E-state index contributed by atoms with van der Waals surface area (Å²) >= 11 is 0. The number of nitrogens with zero attached hydrogens (tertiary/aromatic N) is 5. The molecule has 1 aromatic heterocycles. The summed E-state index contributed by atoms with van der Waals surface area (Å²) in [6.45, 7) is 0. The van der Waals surface area contributed by atoms with Crippen LogP contribution in [0.1, 0.15) is 30.7 Å². The van der Waals surface area contributed by atoms with Crippen molar-refractivity contribution in [3.8, 4) is 6.07 Å². The monoisotopic (exact) mass is 390 g/mol. The lowest BCUT2D eigenvalue weighted by atomic mass is 9.76. The molecule has 0 saturated heterocycles. The Morgan fingerprint density at radius 2 is 2.03 bits per heavy atom. The molecule has 0 bridgehead atoms. The van der Waals surface area contributed by atoms with E-state index in [9.17, 15) is 20.2 Å². The van der Waals surface area contributed by atoms with E-state index in [2.05, 4.69) is 11.2 Å². The molecule has 1 atom stereocenters. The number of non-ortho nitro benzene ring substituents is 1. The second-order valence-electron chi connectivity index (χ2n) is 7.04. The Hall–Kier alpha value is -3.93. The summed E-state index contributed by atoms with van der Waals surface area (Å²) in [4.78, 5) is 25.1. The van der Waals surface area contributed by atoms with Crippen molar-refractivity contribution in [2.75, 3.05) is 4.90 Å². The van der Waals surface area contributed by atoms with Crippen LogP contribution in [-0.2, 0) is 11.8 Å². The third kappa shape index (κ3) is 2.95. The van der Waals surface area contributed by atoms with E-state index in [1.807, 2.05) is 0 Å². The first-order valence-corrected chi connectivity index (χ1v) is 9.11. The predicted octanol–water partition coefficient (Wildman–Crippen LogP) is 2.63. The number of carbonyl (C=O) groups excluding carboxylic acids is 1. The number of nitriles is 1. The molecule has 146 valence electrons. The Labute approximate surface area is 166 Å². The Morgan fingerprint density at radius 1 is 1.31 bits per heavy atom. The smallest absolute Gasteiger partial charge is 0.269 e. The average molecular weight is 390 g/mol. The maximum absolute atomic E-state index is 12.9. The van der Waals surface area contributed by atoms with Crippen LogP contribution in [0.5, 0.6) is 0 Å². The van der Waals surface area contributed by atoms with Gasteiger partial charge in [-0.15, -0.1) is 0 Å². The van der Waals surface area contributed by atoms with Gasteiger partial charge in [0.15, 0.2) is 5.78 Å². The summed E-state index contributed by atoms with van der Waals surface area (Å²) in [6, 6.07) is 8.09. The minimum Gasteiger partial charge on any atom is -0.384 e. The van der Waals surface area contributed by atoms with Crippen molar-refractivity contribution in [3.05, 3.63) is 75.0 Å². The van der Waals surface area contributed by atoms with Gasteiger partial charge in [0.1, 0.15) is 5.82 Å². The lowest BCUT2D eigenvalue weighted by molar-refractivity contribution is -0.384. The second-order valence-corrected chi connectivity index (χ2v) is 7.04. The molecule has 0 spiro atoms. The molecule has 1 aliphatic heterocycles. The van der Waals surface area contributed by atoms with Crippen LogP contribution in [0.3, 0.4) is 0 Å². The summed E-state index contributed by atoms with van der Waals surface area (Å²) in [5, 5.41) is 25.1. The van der Waals surface area contributed by atoms with Gasteiger partial charge in [0, 0.05) is 54.3 Å². The van der Waals surface area contributed by atoms with E-state index in [-0.39, 0.29) is 22.9 Å². The SMILES string of the molecule is Cn1cc([C@H]2C(C#N)=C(N)N(c3ccc([N+](=O)[O-])cc3)C3=C2C(=O)CCC3)cn1. The summed E-state index contributed by atoms with van der Waals surface area (Å²) in [5.41, 5.74) is 9.25. The zero-order valence-corrected chi connectivity index (χ0v) is 15.7. The average Bonchev–Trinajstić information content (AvgIpc) is 3.13. The van der Waals surface area contributed by atoms with E-state index in [0.29, 0.717) is 30.5 Å². The third-order valence-electron chi connectivity index (χ3n) is 5.29. The van der Waals surface area contributed by atoms with Crippen molar-refractivity contribution in [2.24, 2.45) is 12.8 Å². The standard InChI is InChI=1S/C20H18N6O3/c1-24-11-12(10-23-24)18-15(9-21)20(22)25(16-3-2-4-17(27)19(16)18)13-5-7-14(8-6-13)26(28)29/h5-8,10-11,18H,2-4,22H2,1H3/t18-/m0/s1. The number of allylic oxidation sites excluding steroid dienone is 3. The number of nitro benzene ring substituents is 1. The van der Waals surface area contributed by atoms with Gasteiger partial charge < -0.3 is 5.73 Å². The van der Waals surface area contributed by atoms with Crippen LogP contribution in [0.25, 0.3) is 0 Å². The number of carbonyl (C=O) groups is 1. The van der Waals surface area contributed by atoms with Crippen LogP contribution in [0.2, 0.25) is 0 Å². The Balaban J connectivity index is 1.92. The van der Waals surface area contributed by atoms with E-state index in [1.165, 1.54) is 12.1 Å². The maximum Gasteiger partial charge on any atom is 0.269 e. The molecule has 0 radical (unpaired) electrons. The van der Waals surface area contributed by atoms with Gasteiger partial charge in [0.25, 0.3) is 5.69 Å². The number of nitro groups is 1. The number of hydrogen-bond donors (Lipinski definition) is 1. The zero-order valence-electron chi connectivity index (χ0n) is 15.7. The number of nitrogens with two attached hydrogens (primary N) is 1. The van der Waals surface area contributed by atoms with Crippen molar-refractivity contribution in [3.63, 3.8) is 0 Å². The van der Waals surface area contributed by atoms with Crippen LogP contribution in [0.4, 0.5) is 11.4 Å². The van der Waals surface area contributed by atoms with Crippen molar-refractivity contribution < 1.29 is 9.72 Å². The number of benzene rings is 1. The maximum atomic E-state index is 12.9. The predicted molar refractivity (Wildman–Crippen MR) is 104 cm³/mol. The Kier molecular flexibility index (Phi) is 4.39. The van der Waals surface area contributed by atoms with Crippen LogP contribution in [0, 0.1) is 21.4 Å². The number of hydrogen-bond acceptors (Lipinski definition) is 7. The first-order chi connectivity index (χ1) is 13.9. The third-order valence-corrected chi connectivity index (χ3v) is 5.29. The lowest BCUT2D eigenvalue weighted by Gasteiger charge is -2.39. The van der Waals surface area contributed by atoms with Crippen molar-refractivity contribution in [1.82, 2.24) is 9.78 Å². The fourth-order valence-electron chi connectivity index (χ4n) is 4.03. The molecular formula is C20H18N6O3. The van der Waals surface area contributed by atoms with Gasteiger partial charge in [-0.3, -0.25) is 24.5 Å². The van der Waals surface area contributed by atoms with Crippen LogP contribution in [0.15, 0.2) is 59.3 Å². The number of Topliss-reactive ketones (excluding diaryl/α,β-unsaturated/α-hetero) is 1. The molecule has 1 aliphatic carbocycles. The first kappa shape index (κ1) is 18.4. The number of ketones is 1. The molecule has 0 amide bonds. The van der Waals surface area contributed by atoms with Gasteiger partial charge in [0.2, 0.25) is 0 Å². The van der Waals surface area contributed by atoms with E-state index in [0.717, 1.165) is 11.3 Å². The van der Waals surface area contributed by atoms with Crippen molar-refractivity contribution >= 4 is 17.2 Å². The number of anilines is 1. The molecule has 0 saturated carbocycles. The molecular weight excluding hydrogens is 372 g/mol. The number of aromatic nitrogens is 2. The molecule has 1 aromatic carbocycles. The highest BCUT2D eigenvalue weighted by molar-refractivity contribution is 6.01. The van der Waals surface area contributed by atoms with Crippen LogP contribution < -0.4 is 10.6 Å². The molecule has 0 fully saturated rings. The van der Waals surface area contributed by atoms with Gasteiger partial charge in [0.05, 0.1) is 28.7 Å². The van der Waals surface area contributed by atoms with Crippen LogP contribution in [-0.4, -0.2) is 20.5 Å². The van der Waals surface area contributed by atoms with Gasteiger partial charge in [-0.25, -0.2) is 0 Å². The van der Waals surface area contributed by atoms with Crippen molar-refractivity contribution in [1.29, 1.82) is 5.26 Å². The number of rotatable bonds is 3. The van der Waals surface area contributed by atoms with Gasteiger partial charge in [-0.1, -0.05) is 0 Å². The fraction of sp³-hybridized carbons (Fsp3) is 0.250. The normalized spacial score (nSPS) is 19.2. The zero-order chi connectivity index (χ0) is 20.7. The highest BCUT2D eigenvalue weighted by Gasteiger charge is 2.40. The largest absolute Gasteiger partial charge is 0.384 e. The summed E-state index contributed by atoms with van der Waals surface area (Å²) in [7, 11) is 1.77. The molecule has 2 aliphatic rings. The molecule has 9 heteroatoms. The molecule has 2 aromatic rings. The van der Waals surface area contributed by atoms with E-state index < -0.39 is 10.8 Å². The highest BCUT2D eigenvalue weighted by Crippen LogP contribution is 2.46. The molecule has 29 heavy (non-hydrogen) atoms. The summed E-state index contributed by atoms with van der Waals surface area (Å²) < 4.78 is 1.62. The van der Waals surface area contributed by atoms with Gasteiger partial charge in [-0.2, -0.15) is 10.4 Å². The molecule has 2 heterocycles. The molecule has 9 nitrogen and oxygen atoms in total. The second kappa shape index (κ2) is 6.91. The van der Waals surface area contributed by atoms with Crippen molar-refractivity contribution in [2.45, 2.75) is 25.2 Å². The number of aryl methyl sites for hydroxylation is 1. The van der Waals surface area contributed by atoms with Gasteiger partial charge >= 0.3 is 0 Å². The topological polar surface area (TPSA) is 131 Å². The summed E-state index contributed by atoms with van der Waals surface area (Å²) in [5.74, 6) is -0.360. The highest BCUT2D eigenvalue weighted by atomic mass is 16.6. The summed E-state index contributed by atoms with van der Waals surface area (Å²) in [6.07, 6.45) is 5.12. The molecule has 0 unspecified atom stereocenters. The Morgan fingerprint density at radius 3 is 2.62 bits per heavy atom. The Bertz CT molecular complexity index is 1120. The quantitative estimate of drug-likeness (QED) is 0.629. The lowest BCUT2D eigenvalue weighted by Crippen LogP contribution is -2.38. The van der Waals surface area contributed by atoms with E-state index in [1.54, 1.807) is 41.2 Å². The van der Waals surface area contributed by atoms with E-state index >= 15 is 0 Å². The molecule has 2 N–H and O–H groups in total. The minimum atomic E-state index is -0.564. The minimum absolute atomic E-state index is 0.0211. The van der Waals surface area contributed by atoms with E-state index in [4.69, 9.17) is 5.73 Å².